The molecule has 0 saturated heterocycles. The van der Waals surface area contributed by atoms with Gasteiger partial charge in [-0.3, -0.25) is 4.55 Å². The van der Waals surface area contributed by atoms with E-state index in [9.17, 15) is 69.9 Å². The zero-order valence-corrected chi connectivity index (χ0v) is 11.9. The van der Waals surface area contributed by atoms with E-state index in [2.05, 4.69) is 0 Å². The maximum absolute atomic E-state index is 13.0. The topological polar surface area (TPSA) is 54.4 Å². The second-order valence-electron chi connectivity index (χ2n) is 4.29. The first kappa shape index (κ1) is 24.7. The highest BCUT2D eigenvalue weighted by Crippen LogP contribution is 2.56. The summed E-state index contributed by atoms with van der Waals surface area (Å²) < 4.78 is 204. The molecule has 0 heterocycles. The Morgan fingerprint density at radius 3 is 1.38 bits per heavy atom. The molecule has 1 atom stereocenters. The van der Waals surface area contributed by atoms with Gasteiger partial charge in [0.2, 0.25) is 12.0 Å². The van der Waals surface area contributed by atoms with Crippen LogP contribution in [0.15, 0.2) is 11.7 Å². The Hall–Kier alpha value is -1.33. The summed E-state index contributed by atoms with van der Waals surface area (Å²) in [6, 6.07) is 0. The molecule has 156 valence electrons. The predicted octanol–water partition coefficient (Wildman–Crippen LogP) is 4.42. The highest BCUT2D eigenvalue weighted by atomic mass is 32.2. The molecule has 26 heavy (non-hydrogen) atoms. The lowest BCUT2D eigenvalue weighted by atomic mass is 9.99. The first-order valence-electron chi connectivity index (χ1n) is 5.22. The van der Waals surface area contributed by atoms with Crippen molar-refractivity contribution >= 4 is 10.1 Å². The van der Waals surface area contributed by atoms with Gasteiger partial charge in [0.05, 0.1) is 0 Å². The molecule has 0 aromatic carbocycles. The minimum absolute atomic E-state index is 4.41. The highest BCUT2D eigenvalue weighted by Gasteiger charge is 2.86. The van der Waals surface area contributed by atoms with Gasteiger partial charge in [0.1, 0.15) is 0 Å². The van der Waals surface area contributed by atoms with Crippen LogP contribution in [0.4, 0.5) is 61.5 Å². The molecule has 0 rings (SSSR count). The maximum Gasteiger partial charge on any atom is 0.445 e. The third-order valence-corrected chi connectivity index (χ3v) is 3.41. The van der Waals surface area contributed by atoms with Crippen LogP contribution in [0.3, 0.4) is 0 Å². The molecule has 3 nitrogen and oxygen atoms in total. The summed E-state index contributed by atoms with van der Waals surface area (Å²) in [6.07, 6.45) is -12.5. The Bertz CT molecular complexity index is 675. The molecule has 0 fully saturated rings. The second kappa shape index (κ2) is 6.38. The van der Waals surface area contributed by atoms with Crippen molar-refractivity contribution in [2.45, 2.75) is 35.4 Å². The van der Waals surface area contributed by atoms with Gasteiger partial charge in [-0.05, 0) is 0 Å². The zero-order valence-electron chi connectivity index (χ0n) is 11.0. The van der Waals surface area contributed by atoms with Crippen LogP contribution in [-0.4, -0.2) is 48.3 Å². The molecule has 0 aromatic heterocycles. The Labute approximate surface area is 133 Å². The van der Waals surface area contributed by atoms with Crippen molar-refractivity contribution in [1.29, 1.82) is 0 Å². The lowest BCUT2D eigenvalue weighted by molar-refractivity contribution is -0.357. The molecule has 1 N–H and O–H groups in total. The Balaban J connectivity index is 6.45. The SMILES string of the molecule is O=S(=O)(O)C(F)(F)C(F)(F)C(F)(F)C(F)(F)C(F)/C(F)=C(\F)C(F)(F)F. The molecule has 1 unspecified atom stereocenters. The molecule has 0 aliphatic rings. The van der Waals surface area contributed by atoms with Gasteiger partial charge in [0.25, 0.3) is 0 Å². The number of alkyl halides is 12. The van der Waals surface area contributed by atoms with Gasteiger partial charge in [-0.25, -0.2) is 8.78 Å². The fourth-order valence-electron chi connectivity index (χ4n) is 1.12. The van der Waals surface area contributed by atoms with Crippen molar-refractivity contribution in [3.63, 3.8) is 0 Å². The Kier molecular flexibility index (Phi) is 6.05. The van der Waals surface area contributed by atoms with Crippen molar-refractivity contribution in [3.8, 4) is 0 Å². The van der Waals surface area contributed by atoms with E-state index in [-0.39, 0.29) is 0 Å². The summed E-state index contributed by atoms with van der Waals surface area (Å²) in [7, 11) is -7.57. The maximum atomic E-state index is 13.0. The molecule has 0 aliphatic heterocycles. The molecule has 0 aliphatic carbocycles. The van der Waals surface area contributed by atoms with Crippen molar-refractivity contribution in [3.05, 3.63) is 11.7 Å². The number of allylic oxidation sites excluding steroid dienone is 2. The van der Waals surface area contributed by atoms with Gasteiger partial charge in [-0.1, -0.05) is 0 Å². The van der Waals surface area contributed by atoms with Crippen molar-refractivity contribution in [1.82, 2.24) is 0 Å². The molecular weight excluding hydrogens is 442 g/mol. The van der Waals surface area contributed by atoms with E-state index in [1.54, 1.807) is 0 Å². The number of halogens is 14. The van der Waals surface area contributed by atoms with E-state index in [0.717, 1.165) is 0 Å². The molecule has 0 bridgehead atoms. The average Bonchev–Trinajstić information content (AvgIpc) is 2.41. The number of hydrogen-bond donors (Lipinski definition) is 1. The fourth-order valence-corrected chi connectivity index (χ4v) is 1.57. The van der Waals surface area contributed by atoms with Crippen LogP contribution in [0, 0.1) is 0 Å². The van der Waals surface area contributed by atoms with Crippen LogP contribution in [0.5, 0.6) is 0 Å². The highest BCUT2D eigenvalue weighted by molar-refractivity contribution is 7.87. The first-order chi connectivity index (χ1) is 11.0. The van der Waals surface area contributed by atoms with Gasteiger partial charge in [0.15, 0.2) is 5.83 Å². The summed E-state index contributed by atoms with van der Waals surface area (Å²) >= 11 is 0. The van der Waals surface area contributed by atoms with Crippen LogP contribution in [0.25, 0.3) is 0 Å². The van der Waals surface area contributed by atoms with Crippen LogP contribution in [-0.2, 0) is 10.1 Å². The first-order valence-corrected chi connectivity index (χ1v) is 6.66. The van der Waals surface area contributed by atoms with Gasteiger partial charge in [-0.2, -0.15) is 61.1 Å². The molecule has 0 aromatic rings. The molecule has 18 heteroatoms. The Morgan fingerprint density at radius 2 is 1.12 bits per heavy atom. The summed E-state index contributed by atoms with van der Waals surface area (Å²) in [5, 5.41) is -7.44. The molecule has 0 radical (unpaired) electrons. The van der Waals surface area contributed by atoms with Crippen molar-refractivity contribution < 1.29 is 74.4 Å². The number of rotatable bonds is 6. The molecule has 0 saturated carbocycles. The van der Waals surface area contributed by atoms with E-state index in [4.69, 9.17) is 4.55 Å². The third kappa shape index (κ3) is 3.56. The summed E-state index contributed by atoms with van der Waals surface area (Å²) in [5.74, 6) is -32.2. The molecular formula is C8H2F14O3S. The van der Waals surface area contributed by atoms with E-state index in [0.29, 0.717) is 0 Å². The summed E-state index contributed by atoms with van der Waals surface area (Å²) in [4.78, 5) is 0. The quantitative estimate of drug-likeness (QED) is 0.488. The lowest BCUT2D eigenvalue weighted by Gasteiger charge is -2.36. The predicted molar refractivity (Wildman–Crippen MR) is 51.5 cm³/mol. The second-order valence-corrected chi connectivity index (χ2v) is 5.75. The molecule has 0 amide bonds. The van der Waals surface area contributed by atoms with Crippen LogP contribution in [0.1, 0.15) is 0 Å². The van der Waals surface area contributed by atoms with Gasteiger partial charge >= 0.3 is 39.3 Å². The van der Waals surface area contributed by atoms with Crippen LogP contribution < -0.4 is 0 Å². The fraction of sp³-hybridized carbons (Fsp3) is 0.750. The smallest absolute Gasteiger partial charge is 0.281 e. The minimum Gasteiger partial charge on any atom is -0.281 e. The van der Waals surface area contributed by atoms with Gasteiger partial charge in [0, 0.05) is 0 Å². The third-order valence-electron chi connectivity index (χ3n) is 2.50. The lowest BCUT2D eigenvalue weighted by Crippen LogP contribution is -2.66. The van der Waals surface area contributed by atoms with Gasteiger partial charge in [-0.15, -0.1) is 0 Å². The monoisotopic (exact) mass is 444 g/mol. The summed E-state index contributed by atoms with van der Waals surface area (Å²) in [6.45, 7) is 0. The normalized spacial score (nSPS) is 17.8. The van der Waals surface area contributed by atoms with E-state index < -0.39 is 57.1 Å². The standard InChI is InChI=1S/C8H2F14O3S/c9-1(3(11)5(14,15)16)2(10)4(12,13)6(17,18)7(19,20)8(21,22)26(23,24)25/h2H,(H,23,24,25)/b3-1+. The van der Waals surface area contributed by atoms with Crippen molar-refractivity contribution in [2.24, 2.45) is 0 Å². The number of hydrogen-bond acceptors (Lipinski definition) is 2. The van der Waals surface area contributed by atoms with E-state index in [1.807, 2.05) is 0 Å². The van der Waals surface area contributed by atoms with E-state index >= 15 is 0 Å². The molecule has 0 spiro atoms. The largest absolute Gasteiger partial charge is 0.445 e. The summed E-state index contributed by atoms with van der Waals surface area (Å²) in [5.41, 5.74) is 0. The van der Waals surface area contributed by atoms with E-state index in [1.165, 1.54) is 0 Å². The van der Waals surface area contributed by atoms with Gasteiger partial charge < -0.3 is 0 Å². The minimum atomic E-state index is -7.94. The van der Waals surface area contributed by atoms with Crippen molar-refractivity contribution in [2.75, 3.05) is 0 Å². The van der Waals surface area contributed by atoms with Crippen LogP contribution >= 0.6 is 0 Å². The van der Waals surface area contributed by atoms with Crippen LogP contribution in [0.2, 0.25) is 0 Å². The average molecular weight is 444 g/mol. The Morgan fingerprint density at radius 1 is 0.769 bits per heavy atom. The zero-order chi connectivity index (χ0) is 21.7.